The highest BCUT2D eigenvalue weighted by atomic mass is 19.4. The third kappa shape index (κ3) is 13.4. The lowest BCUT2D eigenvalue weighted by molar-refractivity contribution is -0.140. The van der Waals surface area contributed by atoms with Crippen molar-refractivity contribution < 1.29 is 45.3 Å². The van der Waals surface area contributed by atoms with Crippen molar-refractivity contribution in [3.8, 4) is 22.8 Å². The van der Waals surface area contributed by atoms with Crippen LogP contribution in [0.5, 0.6) is 0 Å². The first-order valence-electron chi connectivity index (χ1n) is 25.2. The predicted octanol–water partition coefficient (Wildman–Crippen LogP) is 4.67. The summed E-state index contributed by atoms with van der Waals surface area (Å²) in [6.45, 7) is 16.6. The number of nitrogens with zero attached hydrogens (tertiary/aromatic N) is 16. The molecule has 6 aromatic rings. The number of nitrogen functional groups attached to an aromatic ring is 1. The Hall–Kier alpha value is -7.05. The molecule has 24 nitrogen and oxygen atoms in total. The summed E-state index contributed by atoms with van der Waals surface area (Å²) in [6.07, 6.45) is -4.00. The second-order valence-electron chi connectivity index (χ2n) is 20.5. The first-order chi connectivity index (χ1) is 36.4. The molecule has 0 aromatic carbocycles. The van der Waals surface area contributed by atoms with E-state index in [0.29, 0.717) is 107 Å². The third-order valence-corrected chi connectivity index (χ3v) is 12.5. The molecule has 10 heterocycles. The second-order valence-corrected chi connectivity index (χ2v) is 20.5. The van der Waals surface area contributed by atoms with Crippen molar-refractivity contribution in [2.24, 2.45) is 0 Å². The summed E-state index contributed by atoms with van der Waals surface area (Å²) in [6, 6.07) is 0.284. The Bertz CT molecular complexity index is 2990. The summed E-state index contributed by atoms with van der Waals surface area (Å²) < 4.78 is 102. The van der Waals surface area contributed by atoms with Crippen LogP contribution in [-0.4, -0.2) is 186 Å². The van der Waals surface area contributed by atoms with E-state index in [2.05, 4.69) is 45.9 Å². The zero-order chi connectivity index (χ0) is 55.0. The molecule has 0 bridgehead atoms. The van der Waals surface area contributed by atoms with Gasteiger partial charge >= 0.3 is 18.4 Å². The number of carbonyl (C=O) groups excluding carboxylic acids is 1. The topological polar surface area (TPSA) is 259 Å². The fourth-order valence-electron chi connectivity index (χ4n) is 9.67. The van der Waals surface area contributed by atoms with E-state index < -0.39 is 37.1 Å². The normalized spacial score (nSPS) is 20.8. The number of carbonyl (C=O) groups is 1. The van der Waals surface area contributed by atoms with Crippen LogP contribution in [0.25, 0.3) is 45.1 Å². The monoisotopic (exact) mass is 1080 g/mol. The van der Waals surface area contributed by atoms with Crippen molar-refractivity contribution in [1.82, 2.24) is 69.6 Å². The largest absolute Gasteiger partial charge is 0.444 e. The third-order valence-electron chi connectivity index (χ3n) is 12.5. The van der Waals surface area contributed by atoms with Crippen molar-refractivity contribution >= 4 is 63.9 Å². The van der Waals surface area contributed by atoms with Crippen LogP contribution in [0.3, 0.4) is 0 Å². The van der Waals surface area contributed by atoms with Crippen LogP contribution in [0.1, 0.15) is 48.5 Å². The summed E-state index contributed by atoms with van der Waals surface area (Å²) in [7, 11) is 0. The van der Waals surface area contributed by atoms with Gasteiger partial charge < -0.3 is 50.2 Å². The van der Waals surface area contributed by atoms with Crippen LogP contribution in [-0.2, 0) is 27.3 Å². The van der Waals surface area contributed by atoms with Gasteiger partial charge in [-0.25, -0.2) is 54.6 Å². The highest BCUT2D eigenvalue weighted by Gasteiger charge is 2.37. The molecule has 0 spiro atoms. The number of hydrogen-bond acceptors (Lipinski definition) is 21. The van der Waals surface area contributed by atoms with E-state index in [1.165, 1.54) is 24.8 Å². The van der Waals surface area contributed by atoms with Crippen LogP contribution in [0, 0.1) is 0 Å². The summed E-state index contributed by atoms with van der Waals surface area (Å²) in [5.41, 5.74) is 6.48. The van der Waals surface area contributed by atoms with Gasteiger partial charge in [0.25, 0.3) is 0 Å². The molecule has 5 N–H and O–H groups in total. The van der Waals surface area contributed by atoms with Crippen molar-refractivity contribution in [1.29, 1.82) is 0 Å². The summed E-state index contributed by atoms with van der Waals surface area (Å²) in [5.74, 6) is 1.70. The number of hydrogen-bond donors (Lipinski definition) is 4. The first-order valence-corrected chi connectivity index (χ1v) is 25.2. The van der Waals surface area contributed by atoms with E-state index in [0.717, 1.165) is 9.13 Å². The summed E-state index contributed by atoms with van der Waals surface area (Å²) in [5, 5.41) is 9.26. The van der Waals surface area contributed by atoms with Gasteiger partial charge in [0.05, 0.1) is 37.6 Å². The van der Waals surface area contributed by atoms with E-state index in [9.17, 15) is 31.1 Å². The molecule has 0 unspecified atom stereocenters. The minimum Gasteiger partial charge on any atom is -0.444 e. The highest BCUT2D eigenvalue weighted by Crippen LogP contribution is 2.36. The zero-order valence-corrected chi connectivity index (χ0v) is 43.7. The lowest BCUT2D eigenvalue weighted by Crippen LogP contribution is -2.55. The molecule has 1 amide bonds. The van der Waals surface area contributed by atoms with Crippen molar-refractivity contribution in [3.05, 3.63) is 24.8 Å². The zero-order valence-electron chi connectivity index (χ0n) is 43.7. The number of halogens is 6. The maximum Gasteiger partial charge on any atom is 0.414 e. The maximum atomic E-state index is 14.0. The second kappa shape index (κ2) is 22.1. The molecule has 30 heteroatoms. The van der Waals surface area contributed by atoms with Crippen molar-refractivity contribution in [2.75, 3.05) is 109 Å². The number of alkyl halides is 6. The molecule has 4 aliphatic heterocycles. The SMILES string of the molecule is C[C@@H]1CN(c2nc3c(N4CCOCC4)nc(-c4cnc(N)nc4)nc3n2CC(F)(F)F)C[C@H](C)N1.C[C@@H]1CN(c2nc3c(N4CCOCC4)nc(-c4cnc(NC(=O)OC(C)(C)C)nc4)nc3n2CC(F)(F)F)C[C@H](C)N1. The molecular formula is C47H62F6N20O4. The lowest BCUT2D eigenvalue weighted by Gasteiger charge is -2.37. The number of aromatic nitrogens is 12. The fraction of sp³-hybridized carbons (Fsp3) is 0.596. The van der Waals surface area contributed by atoms with E-state index in [-0.39, 0.29) is 76.4 Å². The number of amides is 1. The Kier molecular flexibility index (Phi) is 15.7. The molecule has 10 rings (SSSR count). The predicted molar refractivity (Wildman–Crippen MR) is 274 cm³/mol. The molecule has 4 aliphatic rings. The maximum absolute atomic E-state index is 14.0. The number of imidazole rings is 2. The van der Waals surface area contributed by atoms with E-state index in [1.807, 2.05) is 47.3 Å². The molecule has 0 radical (unpaired) electrons. The van der Waals surface area contributed by atoms with Gasteiger partial charge in [-0.3, -0.25) is 14.5 Å². The number of rotatable bonds is 9. The average Bonchev–Trinajstić information content (AvgIpc) is 3.90. The molecule has 4 fully saturated rings. The van der Waals surface area contributed by atoms with Crippen LogP contribution in [0.15, 0.2) is 24.8 Å². The number of piperazine rings is 2. The number of ether oxygens (including phenoxy) is 3. The number of morpholine rings is 2. The average molecular weight is 1090 g/mol. The lowest BCUT2D eigenvalue weighted by atomic mass is 10.1. The van der Waals surface area contributed by atoms with Gasteiger partial charge in [0.15, 0.2) is 45.6 Å². The summed E-state index contributed by atoms with van der Waals surface area (Å²) in [4.78, 5) is 64.1. The molecule has 416 valence electrons. The minimum atomic E-state index is -4.52. The Labute approximate surface area is 438 Å². The van der Waals surface area contributed by atoms with Crippen LogP contribution >= 0.6 is 0 Å². The van der Waals surface area contributed by atoms with Gasteiger partial charge in [0, 0.05) is 101 Å². The Morgan fingerprint density at radius 1 is 0.610 bits per heavy atom. The van der Waals surface area contributed by atoms with Gasteiger partial charge in [0.1, 0.15) is 18.7 Å². The molecule has 4 atom stereocenters. The van der Waals surface area contributed by atoms with E-state index in [4.69, 9.17) is 39.9 Å². The number of fused-ring (bicyclic) bond motifs is 2. The standard InChI is InChI=1S/C26H35F3N10O3.C21H27F3N10O/c1-15-12-38(13-16(2)32-15)23-33-18-20(37-6-8-41-9-7-37)34-19(35-21(18)39(23)14-26(27,28)29)17-10-30-22(31-11-17)36-24(40)42-25(3,4)5;1-12-9-33(10-13(2)28-12)20-29-15-17(32-3-5-35-6-4-32)30-16(14-7-26-19(25)27-8-14)31-18(15)34(20)11-21(22,23)24/h10-11,15-16,32H,6-9,12-14H2,1-5H3,(H,30,31,36,40);7-8,12-13,28H,3-6,9-11H2,1-2H3,(H2,25,26,27)/t15-,16+;12-,13+. The van der Waals surface area contributed by atoms with Crippen molar-refractivity contribution in [3.63, 3.8) is 0 Å². The molecule has 0 saturated carbocycles. The van der Waals surface area contributed by atoms with Crippen LogP contribution in [0.2, 0.25) is 0 Å². The number of nitrogens with two attached hydrogens (primary N) is 1. The quantitative estimate of drug-likeness (QED) is 0.144. The van der Waals surface area contributed by atoms with Gasteiger partial charge in [-0.15, -0.1) is 0 Å². The van der Waals surface area contributed by atoms with E-state index >= 15 is 0 Å². The Morgan fingerprint density at radius 2 is 0.987 bits per heavy atom. The Balaban J connectivity index is 0.000000191. The smallest absolute Gasteiger partial charge is 0.414 e. The molecule has 6 aromatic heterocycles. The molecule has 77 heavy (non-hydrogen) atoms. The van der Waals surface area contributed by atoms with E-state index in [1.54, 1.807) is 20.8 Å². The van der Waals surface area contributed by atoms with Gasteiger partial charge in [-0.1, -0.05) is 0 Å². The number of nitrogens with one attached hydrogen (secondary N) is 3. The van der Waals surface area contributed by atoms with Crippen LogP contribution in [0.4, 0.5) is 66.6 Å². The minimum absolute atomic E-state index is 0.00571. The van der Waals surface area contributed by atoms with Gasteiger partial charge in [-0.05, 0) is 48.5 Å². The van der Waals surface area contributed by atoms with Gasteiger partial charge in [0.2, 0.25) is 23.8 Å². The molecule has 0 aliphatic carbocycles. The van der Waals surface area contributed by atoms with Gasteiger partial charge in [-0.2, -0.15) is 26.3 Å². The fourth-order valence-corrected chi connectivity index (χ4v) is 9.67. The number of anilines is 6. The summed E-state index contributed by atoms with van der Waals surface area (Å²) >= 11 is 0. The highest BCUT2D eigenvalue weighted by molar-refractivity contribution is 5.89. The first kappa shape index (κ1) is 54.7. The molecule has 4 saturated heterocycles. The molecular weight excluding hydrogens is 1020 g/mol. The Morgan fingerprint density at radius 3 is 1.35 bits per heavy atom. The van der Waals surface area contributed by atoms with Crippen molar-refractivity contribution in [2.45, 2.75) is 104 Å². The van der Waals surface area contributed by atoms with Crippen LogP contribution < -0.4 is 41.3 Å².